The molecule has 0 radical (unpaired) electrons. The molecule has 1 amide bonds. The summed E-state index contributed by atoms with van der Waals surface area (Å²) < 4.78 is 15.4. The van der Waals surface area contributed by atoms with E-state index in [0.29, 0.717) is 5.69 Å². The lowest BCUT2D eigenvalue weighted by Gasteiger charge is -2.15. The van der Waals surface area contributed by atoms with E-state index in [2.05, 4.69) is 10.4 Å². The molecule has 0 aromatic heterocycles. The van der Waals surface area contributed by atoms with Crippen LogP contribution in [0.3, 0.4) is 0 Å². The van der Waals surface area contributed by atoms with Crippen LogP contribution in [-0.4, -0.2) is 26.0 Å². The van der Waals surface area contributed by atoms with Gasteiger partial charge in [0.05, 0.1) is 12.8 Å². The maximum atomic E-state index is 11.9. The third-order valence-electron chi connectivity index (χ3n) is 3.62. The number of hydrazone groups is 1. The van der Waals surface area contributed by atoms with Gasteiger partial charge < -0.3 is 14.2 Å². The average Bonchev–Trinajstić information content (AvgIpc) is 3.10. The number of amides is 1. The largest absolute Gasteiger partial charge is 0.453 e. The van der Waals surface area contributed by atoms with Crippen molar-refractivity contribution in [1.82, 2.24) is 0 Å². The number of ether oxygens (including phenoxy) is 3. The number of benzene rings is 2. The first-order chi connectivity index (χ1) is 12.2. The number of hydrogen-bond donors (Lipinski definition) is 1. The maximum absolute atomic E-state index is 11.9. The minimum atomic E-state index is -0.500. The lowest BCUT2D eigenvalue weighted by molar-refractivity contribution is 0.155. The van der Waals surface area contributed by atoms with E-state index in [0.717, 1.165) is 16.8 Å². The smallest absolute Gasteiger partial charge is 0.411 e. The molecule has 1 aliphatic heterocycles. The number of aryl methyl sites for hydroxylation is 1. The predicted octanol–water partition coefficient (Wildman–Crippen LogP) is 3.46. The Balaban J connectivity index is 1.59. The molecule has 0 unspecified atom stereocenters. The normalized spacial score (nSPS) is 13.0. The summed E-state index contributed by atoms with van der Waals surface area (Å²) >= 11 is 0. The van der Waals surface area contributed by atoms with Crippen LogP contribution in [-0.2, 0) is 20.8 Å². The second-order valence-electron chi connectivity index (χ2n) is 5.43. The Labute approximate surface area is 145 Å². The molecular weight excluding hydrogens is 322 g/mol. The van der Waals surface area contributed by atoms with Crippen LogP contribution < -0.4 is 10.3 Å². The van der Waals surface area contributed by atoms with Crippen LogP contribution >= 0.6 is 0 Å². The summed E-state index contributed by atoms with van der Waals surface area (Å²) in [7, 11) is 1.50. The zero-order chi connectivity index (χ0) is 17.6. The van der Waals surface area contributed by atoms with Gasteiger partial charge in [-0.15, -0.1) is 0 Å². The van der Waals surface area contributed by atoms with Gasteiger partial charge in [-0.05, 0) is 36.2 Å². The number of hydrogen-bond acceptors (Lipinski definition) is 6. The van der Waals surface area contributed by atoms with E-state index in [1.54, 1.807) is 11.1 Å². The van der Waals surface area contributed by atoms with E-state index >= 15 is 0 Å². The number of nitrogens with one attached hydrogen (secondary N) is 1. The monoisotopic (exact) mass is 341 g/mol. The minimum Gasteiger partial charge on any atom is -0.453 e. The van der Waals surface area contributed by atoms with Crippen LogP contribution in [0.2, 0.25) is 0 Å². The third kappa shape index (κ3) is 4.20. The molecule has 130 valence electrons. The molecule has 3 rings (SSSR count). The van der Waals surface area contributed by atoms with Crippen molar-refractivity contribution in [3.63, 3.8) is 0 Å². The molecule has 0 fully saturated rings. The van der Waals surface area contributed by atoms with Gasteiger partial charge in [0.15, 0.2) is 6.73 Å². The third-order valence-corrected chi connectivity index (χ3v) is 3.62. The zero-order valence-electron chi connectivity index (χ0n) is 14.1. The molecule has 7 nitrogen and oxygen atoms in total. The molecular formula is C18H19N3O4. The Morgan fingerprint density at radius 1 is 1.28 bits per heavy atom. The average molecular weight is 341 g/mol. The van der Waals surface area contributed by atoms with Gasteiger partial charge in [0.1, 0.15) is 6.61 Å². The summed E-state index contributed by atoms with van der Waals surface area (Å²) in [6, 6.07) is 15.0. The number of anilines is 2. The highest BCUT2D eigenvalue weighted by Crippen LogP contribution is 2.26. The predicted molar refractivity (Wildman–Crippen MR) is 94.3 cm³/mol. The molecule has 2 aromatic rings. The van der Waals surface area contributed by atoms with Crippen LogP contribution in [0.1, 0.15) is 11.1 Å². The van der Waals surface area contributed by atoms with Crippen molar-refractivity contribution < 1.29 is 19.0 Å². The molecule has 0 aliphatic carbocycles. The highest BCUT2D eigenvalue weighted by molar-refractivity contribution is 5.85. The summed E-state index contributed by atoms with van der Waals surface area (Å²) in [5.74, 6) is 0. The van der Waals surface area contributed by atoms with Gasteiger partial charge >= 0.3 is 12.2 Å². The number of rotatable bonds is 4. The van der Waals surface area contributed by atoms with Gasteiger partial charge in [-0.2, -0.15) is 0 Å². The fourth-order valence-electron chi connectivity index (χ4n) is 2.40. The fraction of sp³-hybridized carbons (Fsp3) is 0.222. The second kappa shape index (κ2) is 7.57. The molecule has 0 saturated heterocycles. The molecule has 1 aliphatic rings. The highest BCUT2D eigenvalue weighted by atomic mass is 16.7. The summed E-state index contributed by atoms with van der Waals surface area (Å²) in [4.78, 5) is 11.9. The first-order valence-electron chi connectivity index (χ1n) is 7.77. The van der Waals surface area contributed by atoms with Crippen molar-refractivity contribution in [2.24, 2.45) is 5.10 Å². The Hall–Kier alpha value is -3.22. The first kappa shape index (κ1) is 16.6. The van der Waals surface area contributed by atoms with Gasteiger partial charge in [0, 0.05) is 5.69 Å². The zero-order valence-corrected chi connectivity index (χ0v) is 14.1. The van der Waals surface area contributed by atoms with Crippen molar-refractivity contribution in [2.45, 2.75) is 13.5 Å². The van der Waals surface area contributed by atoms with Crippen molar-refractivity contribution >= 4 is 23.6 Å². The van der Waals surface area contributed by atoms with Crippen LogP contribution in [0.25, 0.3) is 0 Å². The Bertz CT molecular complexity index is 777. The lowest BCUT2D eigenvalue weighted by Crippen LogP contribution is -2.16. The van der Waals surface area contributed by atoms with Crippen LogP contribution in [0.5, 0.6) is 0 Å². The van der Waals surface area contributed by atoms with Crippen molar-refractivity contribution in [2.75, 3.05) is 24.2 Å². The maximum Gasteiger partial charge on any atom is 0.411 e. The standard InChI is InChI=1S/C18H19N3O4/c1-13-10-15(8-9-16(13)21-12-25-18(20-21)23-2)19-17(22)24-11-14-6-4-3-5-7-14/h3-10H,11-12H2,1-2H3,(H,19,22). The van der Waals surface area contributed by atoms with E-state index in [9.17, 15) is 4.79 Å². The van der Waals surface area contributed by atoms with Crippen LogP contribution in [0.4, 0.5) is 16.2 Å². The molecule has 25 heavy (non-hydrogen) atoms. The molecule has 7 heteroatoms. The number of nitrogens with zero attached hydrogens (tertiary/aromatic N) is 2. The fourth-order valence-corrected chi connectivity index (χ4v) is 2.40. The number of carbonyl (C=O) groups excluding carboxylic acids is 1. The van der Waals surface area contributed by atoms with Crippen molar-refractivity contribution in [3.05, 3.63) is 59.7 Å². The highest BCUT2D eigenvalue weighted by Gasteiger charge is 2.19. The minimum absolute atomic E-state index is 0.226. The summed E-state index contributed by atoms with van der Waals surface area (Å²) in [5, 5.41) is 8.59. The van der Waals surface area contributed by atoms with Gasteiger partial charge in [0.2, 0.25) is 0 Å². The van der Waals surface area contributed by atoms with E-state index in [1.165, 1.54) is 7.11 Å². The van der Waals surface area contributed by atoms with E-state index in [4.69, 9.17) is 14.2 Å². The Morgan fingerprint density at radius 2 is 2.08 bits per heavy atom. The van der Waals surface area contributed by atoms with Crippen LogP contribution in [0.15, 0.2) is 53.6 Å². The summed E-state index contributed by atoms with van der Waals surface area (Å²) in [6.45, 7) is 2.44. The molecule has 1 heterocycles. The Morgan fingerprint density at radius 3 is 2.76 bits per heavy atom. The summed E-state index contributed by atoms with van der Waals surface area (Å²) in [6.07, 6.45) is -0.272. The topological polar surface area (TPSA) is 72.4 Å². The molecule has 0 spiro atoms. The van der Waals surface area contributed by atoms with E-state index < -0.39 is 6.09 Å². The second-order valence-corrected chi connectivity index (χ2v) is 5.43. The van der Waals surface area contributed by atoms with Gasteiger partial charge in [-0.1, -0.05) is 35.4 Å². The summed E-state index contributed by atoms with van der Waals surface area (Å²) in [5.41, 5.74) is 3.39. The van der Waals surface area contributed by atoms with Gasteiger partial charge in [-0.25, -0.2) is 9.80 Å². The van der Waals surface area contributed by atoms with Crippen LogP contribution in [0, 0.1) is 6.92 Å². The van der Waals surface area contributed by atoms with Gasteiger partial charge in [-0.3, -0.25) is 5.32 Å². The lowest BCUT2D eigenvalue weighted by atomic mass is 10.1. The number of methoxy groups -OCH3 is 1. The molecule has 0 bridgehead atoms. The number of carbonyl (C=O) groups is 1. The molecule has 2 aromatic carbocycles. The van der Waals surface area contributed by atoms with E-state index in [-0.39, 0.29) is 19.4 Å². The quantitative estimate of drug-likeness (QED) is 0.922. The Kier molecular flexibility index (Phi) is 5.03. The molecule has 0 atom stereocenters. The molecule has 1 N–H and O–H groups in total. The van der Waals surface area contributed by atoms with Crippen molar-refractivity contribution in [3.8, 4) is 0 Å². The van der Waals surface area contributed by atoms with Crippen molar-refractivity contribution in [1.29, 1.82) is 0 Å². The first-order valence-corrected chi connectivity index (χ1v) is 7.77. The SMILES string of the molecule is COC1=NN(c2ccc(NC(=O)OCc3ccccc3)cc2C)CO1. The van der Waals surface area contributed by atoms with E-state index in [1.807, 2.05) is 49.4 Å². The molecule has 0 saturated carbocycles. The van der Waals surface area contributed by atoms with Gasteiger partial charge in [0.25, 0.3) is 0 Å².